The van der Waals surface area contributed by atoms with Gasteiger partial charge in [-0.05, 0) is 7.05 Å². The van der Waals surface area contributed by atoms with Crippen molar-refractivity contribution in [3.05, 3.63) is 0 Å². The maximum atomic E-state index is 10.9. The smallest absolute Gasteiger partial charge is 0.233 e. The molecule has 12 heavy (non-hydrogen) atoms. The van der Waals surface area contributed by atoms with Gasteiger partial charge in [0, 0.05) is 13.5 Å². The summed E-state index contributed by atoms with van der Waals surface area (Å²) >= 11 is 0. The van der Waals surface area contributed by atoms with Crippen molar-refractivity contribution in [3.63, 3.8) is 0 Å². The third-order valence-corrected chi connectivity index (χ3v) is 1.53. The fraction of sp³-hybridized carbons (Fsp3) is 0.750. The van der Waals surface area contributed by atoms with E-state index in [0.29, 0.717) is 13.0 Å². The molecule has 0 aromatic rings. The summed E-state index contributed by atoms with van der Waals surface area (Å²) in [6.07, 6.45) is 0.526. The minimum atomic E-state index is -0.0681. The van der Waals surface area contributed by atoms with Crippen LogP contribution in [0.5, 0.6) is 0 Å². The van der Waals surface area contributed by atoms with E-state index in [1.54, 1.807) is 19.0 Å². The highest BCUT2D eigenvalue weighted by molar-refractivity contribution is 5.82. The molecule has 70 valence electrons. The molecule has 0 atom stereocenters. The molecule has 1 amide bonds. The largest absolute Gasteiger partial charge is 0.358 e. The summed E-state index contributed by atoms with van der Waals surface area (Å²) in [7, 11) is 3.33. The zero-order valence-corrected chi connectivity index (χ0v) is 7.89. The predicted molar refractivity (Wildman–Crippen MR) is 46.9 cm³/mol. The number of ketones is 1. The SMILES string of the molecule is CCC(=O)CN(C)CC(=O)NC. The predicted octanol–water partition coefficient (Wildman–Crippen LogP) is -0.357. The second-order valence-electron chi connectivity index (χ2n) is 2.74. The van der Waals surface area contributed by atoms with Gasteiger partial charge >= 0.3 is 0 Å². The number of likely N-dealkylation sites (N-methyl/N-ethyl adjacent to an activating group) is 2. The standard InChI is InChI=1S/C8H16N2O2/c1-4-7(11)5-10(3)6-8(12)9-2/h4-6H2,1-3H3,(H,9,12). The molecule has 0 radical (unpaired) electrons. The molecule has 0 aliphatic heterocycles. The average molecular weight is 172 g/mol. The van der Waals surface area contributed by atoms with E-state index < -0.39 is 0 Å². The Balaban J connectivity index is 3.66. The molecule has 0 unspecified atom stereocenters. The minimum Gasteiger partial charge on any atom is -0.358 e. The van der Waals surface area contributed by atoms with Crippen LogP contribution >= 0.6 is 0 Å². The number of Topliss-reactive ketones (excluding diaryl/α,β-unsaturated/α-hetero) is 1. The van der Waals surface area contributed by atoms with Gasteiger partial charge in [0.2, 0.25) is 5.91 Å². The molecule has 0 aliphatic carbocycles. The van der Waals surface area contributed by atoms with Crippen LogP contribution in [0.15, 0.2) is 0 Å². The number of amides is 1. The van der Waals surface area contributed by atoms with Gasteiger partial charge in [-0.2, -0.15) is 0 Å². The number of hydrogen-bond donors (Lipinski definition) is 1. The van der Waals surface area contributed by atoms with Gasteiger partial charge in [0.1, 0.15) is 5.78 Å². The molecular weight excluding hydrogens is 156 g/mol. The van der Waals surface area contributed by atoms with E-state index in [1.807, 2.05) is 6.92 Å². The van der Waals surface area contributed by atoms with E-state index in [2.05, 4.69) is 5.32 Å². The average Bonchev–Trinajstić information content (AvgIpc) is 2.03. The molecule has 0 saturated heterocycles. The minimum absolute atomic E-state index is 0.0681. The van der Waals surface area contributed by atoms with Crippen LogP contribution < -0.4 is 5.32 Å². The molecule has 0 fully saturated rings. The van der Waals surface area contributed by atoms with E-state index >= 15 is 0 Å². The van der Waals surface area contributed by atoms with Crippen molar-refractivity contribution in [3.8, 4) is 0 Å². The molecule has 0 aromatic carbocycles. The third-order valence-electron chi connectivity index (χ3n) is 1.53. The Morgan fingerprint density at radius 2 is 1.92 bits per heavy atom. The molecule has 0 aromatic heterocycles. The summed E-state index contributed by atoms with van der Waals surface area (Å²) in [5.74, 6) is 0.0859. The normalized spacial score (nSPS) is 10.0. The van der Waals surface area contributed by atoms with Gasteiger partial charge in [-0.1, -0.05) is 6.92 Å². The van der Waals surface area contributed by atoms with Gasteiger partial charge in [-0.3, -0.25) is 14.5 Å². The summed E-state index contributed by atoms with van der Waals surface area (Å²) in [5.41, 5.74) is 0. The van der Waals surface area contributed by atoms with Gasteiger partial charge in [0.15, 0.2) is 0 Å². The summed E-state index contributed by atoms with van der Waals surface area (Å²) < 4.78 is 0. The van der Waals surface area contributed by atoms with Gasteiger partial charge in [0.05, 0.1) is 13.1 Å². The van der Waals surface area contributed by atoms with Gasteiger partial charge in [0.25, 0.3) is 0 Å². The van der Waals surface area contributed by atoms with Crippen LogP contribution in [0.2, 0.25) is 0 Å². The Morgan fingerprint density at radius 1 is 1.33 bits per heavy atom. The van der Waals surface area contributed by atoms with Crippen molar-refractivity contribution < 1.29 is 9.59 Å². The van der Waals surface area contributed by atoms with Gasteiger partial charge < -0.3 is 5.32 Å². The first-order valence-electron chi connectivity index (χ1n) is 4.01. The highest BCUT2D eigenvalue weighted by Crippen LogP contribution is 1.86. The van der Waals surface area contributed by atoms with Gasteiger partial charge in [-0.25, -0.2) is 0 Å². The van der Waals surface area contributed by atoms with Crippen molar-refractivity contribution in [1.29, 1.82) is 0 Å². The molecule has 1 N–H and O–H groups in total. The molecule has 0 bridgehead atoms. The molecule has 0 rings (SSSR count). The first-order valence-corrected chi connectivity index (χ1v) is 4.01. The van der Waals surface area contributed by atoms with E-state index in [9.17, 15) is 9.59 Å². The maximum Gasteiger partial charge on any atom is 0.233 e. The van der Waals surface area contributed by atoms with E-state index in [4.69, 9.17) is 0 Å². The first-order chi connectivity index (χ1) is 5.60. The highest BCUT2D eigenvalue weighted by Gasteiger charge is 2.07. The molecule has 4 nitrogen and oxygen atoms in total. The summed E-state index contributed by atoms with van der Waals surface area (Å²) in [6.45, 7) is 2.45. The second kappa shape index (κ2) is 5.71. The monoisotopic (exact) mass is 172 g/mol. The summed E-state index contributed by atoms with van der Waals surface area (Å²) in [6, 6.07) is 0. The van der Waals surface area contributed by atoms with Crippen molar-refractivity contribution >= 4 is 11.7 Å². The lowest BCUT2D eigenvalue weighted by atomic mass is 10.3. The Bertz CT molecular complexity index is 150. The number of carbonyl (C=O) groups is 2. The maximum absolute atomic E-state index is 10.9. The Hall–Kier alpha value is -0.900. The van der Waals surface area contributed by atoms with Crippen LogP contribution in [-0.4, -0.2) is 43.8 Å². The van der Waals surface area contributed by atoms with E-state index in [0.717, 1.165) is 0 Å². The lowest BCUT2D eigenvalue weighted by Crippen LogP contribution is -2.35. The fourth-order valence-electron chi connectivity index (χ4n) is 0.793. The van der Waals surface area contributed by atoms with Gasteiger partial charge in [-0.15, -0.1) is 0 Å². The van der Waals surface area contributed by atoms with Crippen LogP contribution in [0.4, 0.5) is 0 Å². The molecule has 0 heterocycles. The number of nitrogens with zero attached hydrogens (tertiary/aromatic N) is 1. The molecule has 0 spiro atoms. The zero-order chi connectivity index (χ0) is 9.56. The lowest BCUT2D eigenvalue weighted by molar-refractivity contribution is -0.123. The quantitative estimate of drug-likeness (QED) is 0.616. The second-order valence-corrected chi connectivity index (χ2v) is 2.74. The van der Waals surface area contributed by atoms with E-state index in [-0.39, 0.29) is 18.2 Å². The van der Waals surface area contributed by atoms with Crippen LogP contribution in [0, 0.1) is 0 Å². The summed E-state index contributed by atoms with van der Waals surface area (Å²) in [5, 5.41) is 2.50. The molecular formula is C8H16N2O2. The first kappa shape index (κ1) is 11.1. The Labute approximate surface area is 72.9 Å². The molecule has 4 heteroatoms. The number of nitrogens with one attached hydrogen (secondary N) is 1. The summed E-state index contributed by atoms with van der Waals surface area (Å²) in [4.78, 5) is 23.4. The van der Waals surface area contributed by atoms with Crippen molar-refractivity contribution in [2.24, 2.45) is 0 Å². The molecule has 0 aliphatic rings. The number of rotatable bonds is 5. The number of carbonyl (C=O) groups excluding carboxylic acids is 2. The van der Waals surface area contributed by atoms with Crippen LogP contribution in [0.1, 0.15) is 13.3 Å². The van der Waals surface area contributed by atoms with E-state index in [1.165, 1.54) is 0 Å². The van der Waals surface area contributed by atoms with Crippen LogP contribution in [0.25, 0.3) is 0 Å². The van der Waals surface area contributed by atoms with Crippen molar-refractivity contribution in [2.45, 2.75) is 13.3 Å². The lowest BCUT2D eigenvalue weighted by Gasteiger charge is -2.13. The Kier molecular flexibility index (Phi) is 5.28. The zero-order valence-electron chi connectivity index (χ0n) is 7.89. The Morgan fingerprint density at radius 3 is 2.33 bits per heavy atom. The third kappa shape index (κ3) is 4.85. The number of hydrogen-bond acceptors (Lipinski definition) is 3. The van der Waals surface area contributed by atoms with Crippen molar-refractivity contribution in [2.75, 3.05) is 27.2 Å². The van der Waals surface area contributed by atoms with Crippen molar-refractivity contribution in [1.82, 2.24) is 10.2 Å². The van der Waals surface area contributed by atoms with Crippen LogP contribution in [-0.2, 0) is 9.59 Å². The highest BCUT2D eigenvalue weighted by atomic mass is 16.2. The fourth-order valence-corrected chi connectivity index (χ4v) is 0.793. The van der Waals surface area contributed by atoms with Crippen LogP contribution in [0.3, 0.4) is 0 Å². The molecule has 0 saturated carbocycles. The topological polar surface area (TPSA) is 49.4 Å².